The smallest absolute Gasteiger partial charge is 0.255 e. The van der Waals surface area contributed by atoms with Crippen LogP contribution in [0.15, 0.2) is 35.1 Å². The van der Waals surface area contributed by atoms with Crippen LogP contribution in [-0.4, -0.2) is 27.3 Å². The molecule has 0 saturated carbocycles. The van der Waals surface area contributed by atoms with Crippen LogP contribution in [-0.2, 0) is 6.54 Å². The summed E-state index contributed by atoms with van der Waals surface area (Å²) in [7, 11) is 0. The van der Waals surface area contributed by atoms with Gasteiger partial charge in [0.1, 0.15) is 5.75 Å². The van der Waals surface area contributed by atoms with Gasteiger partial charge in [-0.05, 0) is 18.2 Å². The van der Waals surface area contributed by atoms with Crippen molar-refractivity contribution in [3.05, 3.63) is 40.6 Å². The average Bonchev–Trinajstić information content (AvgIpc) is 2.75. The third-order valence-corrected chi connectivity index (χ3v) is 2.98. The SMILES string of the molecule is Nc1cnn(CCNC(=O)c2ccc(Br)cc2O)c1. The Morgan fingerprint density at radius 3 is 2.95 bits per heavy atom. The molecule has 0 spiro atoms. The highest BCUT2D eigenvalue weighted by Crippen LogP contribution is 2.21. The number of aromatic hydroxyl groups is 1. The molecule has 19 heavy (non-hydrogen) atoms. The highest BCUT2D eigenvalue weighted by Gasteiger charge is 2.10. The molecular formula is C12H13BrN4O2. The molecule has 0 aliphatic rings. The van der Waals surface area contributed by atoms with Crippen molar-refractivity contribution < 1.29 is 9.90 Å². The fraction of sp³-hybridized carbons (Fsp3) is 0.167. The van der Waals surface area contributed by atoms with Crippen LogP contribution < -0.4 is 11.1 Å². The summed E-state index contributed by atoms with van der Waals surface area (Å²) in [6, 6.07) is 4.73. The molecule has 100 valence electrons. The van der Waals surface area contributed by atoms with Crippen LogP contribution in [0.2, 0.25) is 0 Å². The van der Waals surface area contributed by atoms with Crippen molar-refractivity contribution in [2.45, 2.75) is 6.54 Å². The highest BCUT2D eigenvalue weighted by atomic mass is 79.9. The molecule has 7 heteroatoms. The summed E-state index contributed by atoms with van der Waals surface area (Å²) in [5, 5.41) is 16.4. The van der Waals surface area contributed by atoms with E-state index in [-0.39, 0.29) is 17.2 Å². The van der Waals surface area contributed by atoms with Crippen LogP contribution in [0.3, 0.4) is 0 Å². The van der Waals surface area contributed by atoms with Gasteiger partial charge in [-0.25, -0.2) is 0 Å². The number of phenolic OH excluding ortho intramolecular Hbond substituents is 1. The van der Waals surface area contributed by atoms with Gasteiger partial charge in [0.05, 0.1) is 24.0 Å². The van der Waals surface area contributed by atoms with Gasteiger partial charge in [0.25, 0.3) is 5.91 Å². The topological polar surface area (TPSA) is 93.2 Å². The van der Waals surface area contributed by atoms with Gasteiger partial charge in [0.15, 0.2) is 0 Å². The lowest BCUT2D eigenvalue weighted by Crippen LogP contribution is -2.27. The van der Waals surface area contributed by atoms with Gasteiger partial charge >= 0.3 is 0 Å². The normalized spacial score (nSPS) is 10.4. The molecular weight excluding hydrogens is 312 g/mol. The Labute approximate surface area is 118 Å². The first kappa shape index (κ1) is 13.4. The standard InChI is InChI=1S/C12H13BrN4O2/c13-8-1-2-10(11(18)5-8)12(19)15-3-4-17-7-9(14)6-16-17/h1-2,5-7,18H,3-4,14H2,(H,15,19). The first-order valence-electron chi connectivity index (χ1n) is 5.61. The predicted molar refractivity (Wildman–Crippen MR) is 74.8 cm³/mol. The van der Waals surface area contributed by atoms with Gasteiger partial charge in [0.2, 0.25) is 0 Å². The summed E-state index contributed by atoms with van der Waals surface area (Å²) in [5.41, 5.74) is 6.35. The number of carbonyl (C=O) groups is 1. The molecule has 0 atom stereocenters. The Morgan fingerprint density at radius 2 is 2.32 bits per heavy atom. The zero-order valence-corrected chi connectivity index (χ0v) is 11.6. The minimum absolute atomic E-state index is 0.0600. The number of halogens is 1. The van der Waals surface area contributed by atoms with E-state index >= 15 is 0 Å². The van der Waals surface area contributed by atoms with E-state index in [1.807, 2.05) is 0 Å². The van der Waals surface area contributed by atoms with E-state index in [2.05, 4.69) is 26.3 Å². The summed E-state index contributed by atoms with van der Waals surface area (Å²) in [6.07, 6.45) is 3.23. The van der Waals surface area contributed by atoms with E-state index in [9.17, 15) is 9.90 Å². The van der Waals surface area contributed by atoms with E-state index in [0.29, 0.717) is 23.2 Å². The molecule has 2 aromatic rings. The Morgan fingerprint density at radius 1 is 1.53 bits per heavy atom. The molecule has 1 aromatic carbocycles. The van der Waals surface area contributed by atoms with Crippen LogP contribution in [0.25, 0.3) is 0 Å². The van der Waals surface area contributed by atoms with Crippen molar-refractivity contribution >= 4 is 27.5 Å². The van der Waals surface area contributed by atoms with Crippen molar-refractivity contribution in [3.63, 3.8) is 0 Å². The highest BCUT2D eigenvalue weighted by molar-refractivity contribution is 9.10. The number of amides is 1. The molecule has 4 N–H and O–H groups in total. The maximum absolute atomic E-state index is 11.8. The summed E-state index contributed by atoms with van der Waals surface area (Å²) in [6.45, 7) is 0.912. The first-order valence-corrected chi connectivity index (χ1v) is 6.40. The second-order valence-electron chi connectivity index (χ2n) is 3.95. The second-order valence-corrected chi connectivity index (χ2v) is 4.87. The minimum atomic E-state index is -0.329. The number of hydrogen-bond acceptors (Lipinski definition) is 4. The Balaban J connectivity index is 1.90. The van der Waals surface area contributed by atoms with E-state index in [0.717, 1.165) is 0 Å². The molecule has 1 amide bonds. The van der Waals surface area contributed by atoms with Crippen LogP contribution in [0.5, 0.6) is 5.75 Å². The number of rotatable bonds is 4. The number of aromatic nitrogens is 2. The van der Waals surface area contributed by atoms with Gasteiger partial charge in [0, 0.05) is 17.2 Å². The zero-order chi connectivity index (χ0) is 13.8. The van der Waals surface area contributed by atoms with Crippen LogP contribution in [0.4, 0.5) is 5.69 Å². The Kier molecular flexibility index (Phi) is 4.06. The minimum Gasteiger partial charge on any atom is -0.507 e. The van der Waals surface area contributed by atoms with E-state index < -0.39 is 0 Å². The number of hydrogen-bond donors (Lipinski definition) is 3. The zero-order valence-electron chi connectivity index (χ0n) is 10.0. The Hall–Kier alpha value is -2.02. The molecule has 2 rings (SSSR count). The van der Waals surface area contributed by atoms with E-state index in [1.165, 1.54) is 6.07 Å². The number of nitrogens with one attached hydrogen (secondary N) is 1. The number of nitrogens with zero attached hydrogens (tertiary/aromatic N) is 2. The molecule has 0 saturated heterocycles. The second kappa shape index (κ2) is 5.75. The molecule has 0 aliphatic heterocycles. The van der Waals surface area contributed by atoms with Gasteiger partial charge < -0.3 is 16.2 Å². The van der Waals surface area contributed by atoms with Crippen molar-refractivity contribution in [1.29, 1.82) is 0 Å². The lowest BCUT2D eigenvalue weighted by molar-refractivity contribution is 0.0949. The number of anilines is 1. The maximum atomic E-state index is 11.8. The monoisotopic (exact) mass is 324 g/mol. The Bertz CT molecular complexity index is 597. The molecule has 1 heterocycles. The largest absolute Gasteiger partial charge is 0.507 e. The molecule has 0 bridgehead atoms. The number of carbonyl (C=O) groups excluding carboxylic acids is 1. The number of nitrogen functional groups attached to an aromatic ring is 1. The lowest BCUT2D eigenvalue weighted by atomic mass is 10.2. The summed E-state index contributed by atoms with van der Waals surface area (Å²) < 4.78 is 2.35. The molecule has 0 fully saturated rings. The van der Waals surface area contributed by atoms with Gasteiger partial charge in [-0.1, -0.05) is 15.9 Å². The molecule has 6 nitrogen and oxygen atoms in total. The van der Waals surface area contributed by atoms with Crippen molar-refractivity contribution in [2.75, 3.05) is 12.3 Å². The van der Waals surface area contributed by atoms with Crippen molar-refractivity contribution in [2.24, 2.45) is 0 Å². The summed E-state index contributed by atoms with van der Waals surface area (Å²) >= 11 is 3.22. The fourth-order valence-electron chi connectivity index (χ4n) is 1.58. The molecule has 0 unspecified atom stereocenters. The molecule has 0 radical (unpaired) electrons. The fourth-order valence-corrected chi connectivity index (χ4v) is 1.93. The third kappa shape index (κ3) is 3.47. The lowest BCUT2D eigenvalue weighted by Gasteiger charge is -2.07. The van der Waals surface area contributed by atoms with Gasteiger partial charge in [-0.2, -0.15) is 5.10 Å². The predicted octanol–water partition coefficient (Wildman–Crippen LogP) is 1.36. The van der Waals surface area contributed by atoms with Crippen LogP contribution in [0, 0.1) is 0 Å². The number of nitrogens with two attached hydrogens (primary N) is 1. The number of benzene rings is 1. The quantitative estimate of drug-likeness (QED) is 0.791. The molecule has 0 aliphatic carbocycles. The average molecular weight is 325 g/mol. The van der Waals surface area contributed by atoms with Crippen LogP contribution >= 0.6 is 15.9 Å². The number of phenols is 1. The summed E-state index contributed by atoms with van der Waals surface area (Å²) in [4.78, 5) is 11.8. The van der Waals surface area contributed by atoms with E-state index in [1.54, 1.807) is 29.2 Å². The van der Waals surface area contributed by atoms with E-state index in [4.69, 9.17) is 5.73 Å². The van der Waals surface area contributed by atoms with Crippen molar-refractivity contribution in [3.8, 4) is 5.75 Å². The van der Waals surface area contributed by atoms with Crippen LogP contribution in [0.1, 0.15) is 10.4 Å². The third-order valence-electron chi connectivity index (χ3n) is 2.48. The molecule has 1 aromatic heterocycles. The first-order chi connectivity index (χ1) is 9.06. The van der Waals surface area contributed by atoms with Gasteiger partial charge in [-0.15, -0.1) is 0 Å². The van der Waals surface area contributed by atoms with Gasteiger partial charge in [-0.3, -0.25) is 9.48 Å². The summed E-state index contributed by atoms with van der Waals surface area (Å²) in [5.74, 6) is -0.389. The maximum Gasteiger partial charge on any atom is 0.255 e. The van der Waals surface area contributed by atoms with Crippen molar-refractivity contribution in [1.82, 2.24) is 15.1 Å².